The molecular formula is C6H9Cl. The van der Waals surface area contributed by atoms with Gasteiger partial charge in [0.2, 0.25) is 0 Å². The summed E-state index contributed by atoms with van der Waals surface area (Å²) in [6.07, 6.45) is 4.38. The average Bonchev–Trinajstić information content (AvgIpc) is 1.68. The van der Waals surface area contributed by atoms with Crippen LogP contribution < -0.4 is 0 Å². The summed E-state index contributed by atoms with van der Waals surface area (Å²) < 4.78 is 0. The topological polar surface area (TPSA) is 0 Å². The van der Waals surface area contributed by atoms with E-state index >= 15 is 0 Å². The third-order valence-electron chi connectivity index (χ3n) is 0.636. The Bertz CT molecular complexity index is 82.2. The highest BCUT2D eigenvalue weighted by molar-refractivity contribution is 6.29. The van der Waals surface area contributed by atoms with E-state index in [1.54, 1.807) is 12.2 Å². The van der Waals surface area contributed by atoms with Gasteiger partial charge < -0.3 is 0 Å². The largest absolute Gasteiger partial charge is 0.0990 e. The zero-order valence-corrected chi connectivity index (χ0v) is 5.20. The summed E-state index contributed by atoms with van der Waals surface area (Å²) in [5, 5.41) is 0.856. The quantitative estimate of drug-likeness (QED) is 0.487. The molecule has 0 aliphatic rings. The van der Waals surface area contributed by atoms with Crippen LogP contribution in [0.4, 0.5) is 0 Å². The Morgan fingerprint density at radius 3 is 2.57 bits per heavy atom. The van der Waals surface area contributed by atoms with Gasteiger partial charge in [-0.15, -0.1) is 0 Å². The van der Waals surface area contributed by atoms with Crippen molar-refractivity contribution in [3.63, 3.8) is 0 Å². The first-order valence-corrected chi connectivity index (χ1v) is 2.66. The monoisotopic (exact) mass is 116 g/mol. The van der Waals surface area contributed by atoms with Gasteiger partial charge in [-0.05, 0) is 12.5 Å². The van der Waals surface area contributed by atoms with E-state index in [1.165, 1.54) is 0 Å². The third-order valence-corrected chi connectivity index (χ3v) is 1.03. The van der Waals surface area contributed by atoms with Crippen LogP contribution in [0.5, 0.6) is 0 Å². The van der Waals surface area contributed by atoms with E-state index in [9.17, 15) is 0 Å². The molecule has 0 N–H and O–H groups in total. The smallest absolute Gasteiger partial charge is 0.0178 e. The number of hydrogen-bond acceptors (Lipinski definition) is 0. The van der Waals surface area contributed by atoms with E-state index in [2.05, 4.69) is 6.58 Å². The molecular weight excluding hydrogens is 108 g/mol. The lowest BCUT2D eigenvalue weighted by molar-refractivity contribution is 1.19. The maximum atomic E-state index is 5.56. The van der Waals surface area contributed by atoms with Crippen LogP contribution in [-0.2, 0) is 0 Å². The Hall–Kier alpha value is -0.230. The molecule has 0 radical (unpaired) electrons. The Morgan fingerprint density at radius 2 is 2.43 bits per heavy atom. The zero-order chi connectivity index (χ0) is 5.70. The predicted octanol–water partition coefficient (Wildman–Crippen LogP) is 2.71. The minimum absolute atomic E-state index is 0.856. The van der Waals surface area contributed by atoms with Crippen molar-refractivity contribution in [1.29, 1.82) is 0 Å². The normalized spacial score (nSPS) is 11.4. The minimum Gasteiger partial charge on any atom is -0.0990 e. The Kier molecular flexibility index (Phi) is 3.81. The predicted molar refractivity (Wildman–Crippen MR) is 34.4 cm³/mol. The molecule has 0 saturated carbocycles. The van der Waals surface area contributed by atoms with Crippen molar-refractivity contribution in [3.05, 3.63) is 23.8 Å². The standard InChI is InChI=1S/C6H9Cl/c1-3-5-6(7)4-2/h3,5H,1,4H2,2H3/b6-5+. The molecule has 0 nitrogen and oxygen atoms in total. The van der Waals surface area contributed by atoms with Crippen LogP contribution in [0.25, 0.3) is 0 Å². The SMILES string of the molecule is C=C/C=C(/Cl)CC. The lowest BCUT2D eigenvalue weighted by Crippen LogP contribution is -1.60. The van der Waals surface area contributed by atoms with Crippen LogP contribution in [0.2, 0.25) is 0 Å². The summed E-state index contributed by atoms with van der Waals surface area (Å²) in [4.78, 5) is 0. The van der Waals surface area contributed by atoms with Crippen LogP contribution >= 0.6 is 11.6 Å². The van der Waals surface area contributed by atoms with Crippen LogP contribution in [-0.4, -0.2) is 0 Å². The molecule has 0 amide bonds. The second-order valence-corrected chi connectivity index (χ2v) is 1.69. The Morgan fingerprint density at radius 1 is 1.86 bits per heavy atom. The minimum atomic E-state index is 0.856. The van der Waals surface area contributed by atoms with E-state index in [4.69, 9.17) is 11.6 Å². The molecule has 0 aliphatic heterocycles. The van der Waals surface area contributed by atoms with Crippen LogP contribution in [0.3, 0.4) is 0 Å². The molecule has 1 heteroatoms. The van der Waals surface area contributed by atoms with E-state index < -0.39 is 0 Å². The van der Waals surface area contributed by atoms with Gasteiger partial charge in [0.05, 0.1) is 0 Å². The van der Waals surface area contributed by atoms with Crippen LogP contribution in [0.1, 0.15) is 13.3 Å². The summed E-state index contributed by atoms with van der Waals surface area (Å²) in [7, 11) is 0. The molecule has 0 fully saturated rings. The number of hydrogen-bond donors (Lipinski definition) is 0. The summed E-state index contributed by atoms with van der Waals surface area (Å²) in [5.74, 6) is 0. The molecule has 40 valence electrons. The fraction of sp³-hybridized carbons (Fsp3) is 0.333. The second-order valence-electron chi connectivity index (χ2n) is 1.20. The van der Waals surface area contributed by atoms with E-state index in [0.29, 0.717) is 0 Å². The van der Waals surface area contributed by atoms with E-state index in [0.717, 1.165) is 11.5 Å². The first-order valence-electron chi connectivity index (χ1n) is 2.28. The molecule has 0 bridgehead atoms. The van der Waals surface area contributed by atoms with Crippen molar-refractivity contribution < 1.29 is 0 Å². The second kappa shape index (κ2) is 3.94. The van der Waals surface area contributed by atoms with Crippen LogP contribution in [0, 0.1) is 0 Å². The molecule has 0 unspecified atom stereocenters. The van der Waals surface area contributed by atoms with Crippen molar-refractivity contribution in [2.75, 3.05) is 0 Å². The number of rotatable bonds is 2. The van der Waals surface area contributed by atoms with Gasteiger partial charge in [-0.2, -0.15) is 0 Å². The first-order chi connectivity index (χ1) is 3.31. The Balaban J connectivity index is 3.49. The van der Waals surface area contributed by atoms with Gasteiger partial charge in [0.15, 0.2) is 0 Å². The molecule has 0 heterocycles. The molecule has 0 aliphatic carbocycles. The van der Waals surface area contributed by atoms with Crippen molar-refractivity contribution >= 4 is 11.6 Å². The van der Waals surface area contributed by atoms with Crippen LogP contribution in [0.15, 0.2) is 23.8 Å². The van der Waals surface area contributed by atoms with Gasteiger partial charge >= 0.3 is 0 Å². The van der Waals surface area contributed by atoms with Gasteiger partial charge in [0, 0.05) is 5.03 Å². The van der Waals surface area contributed by atoms with Gasteiger partial charge in [0.25, 0.3) is 0 Å². The average molecular weight is 117 g/mol. The summed E-state index contributed by atoms with van der Waals surface area (Å²) in [6.45, 7) is 5.49. The molecule has 0 atom stereocenters. The highest BCUT2D eigenvalue weighted by Gasteiger charge is 1.78. The van der Waals surface area contributed by atoms with Gasteiger partial charge in [-0.3, -0.25) is 0 Å². The maximum absolute atomic E-state index is 5.56. The number of halogens is 1. The summed E-state index contributed by atoms with van der Waals surface area (Å²) in [6, 6.07) is 0. The van der Waals surface area contributed by atoms with Crippen molar-refractivity contribution in [2.45, 2.75) is 13.3 Å². The molecule has 0 spiro atoms. The zero-order valence-electron chi connectivity index (χ0n) is 4.45. The molecule has 0 saturated heterocycles. The number of allylic oxidation sites excluding steroid dienone is 3. The molecule has 0 aromatic carbocycles. The third kappa shape index (κ3) is 3.60. The molecule has 0 aromatic heterocycles. The van der Waals surface area contributed by atoms with Crippen molar-refractivity contribution in [2.24, 2.45) is 0 Å². The highest BCUT2D eigenvalue weighted by atomic mass is 35.5. The molecule has 7 heavy (non-hydrogen) atoms. The summed E-state index contributed by atoms with van der Waals surface area (Å²) in [5.41, 5.74) is 0. The maximum Gasteiger partial charge on any atom is 0.0178 e. The summed E-state index contributed by atoms with van der Waals surface area (Å²) >= 11 is 5.56. The van der Waals surface area contributed by atoms with Crippen molar-refractivity contribution in [3.8, 4) is 0 Å². The van der Waals surface area contributed by atoms with Gasteiger partial charge in [-0.1, -0.05) is 31.2 Å². The van der Waals surface area contributed by atoms with Crippen molar-refractivity contribution in [1.82, 2.24) is 0 Å². The van der Waals surface area contributed by atoms with Gasteiger partial charge in [-0.25, -0.2) is 0 Å². The van der Waals surface area contributed by atoms with E-state index in [1.807, 2.05) is 6.92 Å². The van der Waals surface area contributed by atoms with Gasteiger partial charge in [0.1, 0.15) is 0 Å². The fourth-order valence-electron chi connectivity index (χ4n) is 0.246. The van der Waals surface area contributed by atoms with E-state index in [-0.39, 0.29) is 0 Å². The fourth-order valence-corrected chi connectivity index (χ4v) is 0.335. The lowest BCUT2D eigenvalue weighted by atomic mass is 10.4. The lowest BCUT2D eigenvalue weighted by Gasteiger charge is -1.82. The highest BCUT2D eigenvalue weighted by Crippen LogP contribution is 2.04. The Labute approximate surface area is 49.5 Å². The molecule has 0 rings (SSSR count). The first kappa shape index (κ1) is 6.77. The molecule has 0 aromatic rings.